The first-order valence-electron chi connectivity index (χ1n) is 9.87. The Bertz CT molecular complexity index is 853. The molecule has 0 radical (unpaired) electrons. The monoisotopic (exact) mass is 415 g/mol. The van der Waals surface area contributed by atoms with Crippen LogP contribution in [0.25, 0.3) is 0 Å². The Morgan fingerprint density at radius 3 is 2.07 bits per heavy atom. The van der Waals surface area contributed by atoms with Gasteiger partial charge in [0.1, 0.15) is 12.1 Å². The van der Waals surface area contributed by atoms with E-state index in [1.54, 1.807) is 25.1 Å². The first-order chi connectivity index (χ1) is 13.5. The number of rotatable bonds is 6. The molecule has 4 nitrogen and oxygen atoms in total. The summed E-state index contributed by atoms with van der Waals surface area (Å²) in [5.41, 5.74) is 2.39. The first kappa shape index (κ1) is 23.0. The van der Waals surface area contributed by atoms with Crippen molar-refractivity contribution in [3.05, 3.63) is 70.2 Å². The Balaban J connectivity index is 2.10. The molecule has 0 fully saturated rings. The summed E-state index contributed by atoms with van der Waals surface area (Å²) >= 11 is 6.19. The Morgan fingerprint density at radius 1 is 0.966 bits per heavy atom. The molecule has 0 aliphatic carbocycles. The van der Waals surface area contributed by atoms with Gasteiger partial charge in [0.2, 0.25) is 0 Å². The van der Waals surface area contributed by atoms with E-state index >= 15 is 0 Å². The van der Waals surface area contributed by atoms with E-state index in [0.29, 0.717) is 10.6 Å². The maximum absolute atomic E-state index is 12.8. The number of benzene rings is 2. The molecule has 0 saturated carbocycles. The van der Waals surface area contributed by atoms with Crippen LogP contribution in [0.5, 0.6) is 0 Å². The summed E-state index contributed by atoms with van der Waals surface area (Å²) in [6.07, 6.45) is -0.513. The lowest BCUT2D eigenvalue weighted by molar-refractivity contribution is -0.152. The lowest BCUT2D eigenvalue weighted by Gasteiger charge is -2.24. The second-order valence-electron chi connectivity index (χ2n) is 8.62. The van der Waals surface area contributed by atoms with Crippen molar-refractivity contribution in [2.45, 2.75) is 59.1 Å². The van der Waals surface area contributed by atoms with Crippen LogP contribution in [0.15, 0.2) is 48.5 Å². The van der Waals surface area contributed by atoms with E-state index in [-0.39, 0.29) is 17.2 Å². The summed E-state index contributed by atoms with van der Waals surface area (Å²) < 4.78 is 5.60. The standard InChI is InChI=1S/C24H30ClNO3/c1-15(2)21(23(28)29-16(3)19-9-7-8-10-20(19)25)26-22(27)17-11-13-18(14-12-17)24(4,5)6/h7-16,21H,1-6H3,(H,26,27)/t16-,21-/m0/s1. The highest BCUT2D eigenvalue weighted by atomic mass is 35.5. The fourth-order valence-electron chi connectivity index (χ4n) is 2.96. The quantitative estimate of drug-likeness (QED) is 0.616. The van der Waals surface area contributed by atoms with Gasteiger partial charge >= 0.3 is 5.97 Å². The fourth-order valence-corrected chi connectivity index (χ4v) is 3.25. The summed E-state index contributed by atoms with van der Waals surface area (Å²) in [5.74, 6) is -0.905. The molecule has 156 valence electrons. The topological polar surface area (TPSA) is 55.4 Å². The Kier molecular flexibility index (Phi) is 7.48. The van der Waals surface area contributed by atoms with E-state index < -0.39 is 18.1 Å². The molecule has 0 aromatic heterocycles. The van der Waals surface area contributed by atoms with Gasteiger partial charge in [0, 0.05) is 16.1 Å². The molecule has 2 aromatic rings. The average molecular weight is 416 g/mol. The normalized spacial score (nSPS) is 13.7. The molecule has 2 aromatic carbocycles. The number of amides is 1. The summed E-state index contributed by atoms with van der Waals surface area (Å²) in [4.78, 5) is 25.4. The second-order valence-corrected chi connectivity index (χ2v) is 9.03. The van der Waals surface area contributed by atoms with Gasteiger partial charge in [0.05, 0.1) is 0 Å². The van der Waals surface area contributed by atoms with Gasteiger partial charge < -0.3 is 10.1 Å². The van der Waals surface area contributed by atoms with Crippen molar-refractivity contribution < 1.29 is 14.3 Å². The molecule has 0 spiro atoms. The number of carbonyl (C=O) groups excluding carboxylic acids is 2. The highest BCUT2D eigenvalue weighted by molar-refractivity contribution is 6.31. The predicted molar refractivity (Wildman–Crippen MR) is 117 cm³/mol. The minimum absolute atomic E-state index is 0.00807. The van der Waals surface area contributed by atoms with Crippen LogP contribution in [-0.4, -0.2) is 17.9 Å². The van der Waals surface area contributed by atoms with Crippen molar-refractivity contribution >= 4 is 23.5 Å². The van der Waals surface area contributed by atoms with Crippen molar-refractivity contribution in [3.8, 4) is 0 Å². The van der Waals surface area contributed by atoms with Crippen LogP contribution in [0.4, 0.5) is 0 Å². The van der Waals surface area contributed by atoms with E-state index in [4.69, 9.17) is 16.3 Å². The molecular formula is C24H30ClNO3. The van der Waals surface area contributed by atoms with Gasteiger partial charge in [-0.2, -0.15) is 0 Å². The molecule has 0 saturated heterocycles. The Hall–Kier alpha value is -2.33. The third kappa shape index (κ3) is 6.07. The summed E-state index contributed by atoms with van der Waals surface area (Å²) in [7, 11) is 0. The van der Waals surface area contributed by atoms with Gasteiger partial charge in [0.15, 0.2) is 0 Å². The molecule has 2 rings (SSSR count). The molecule has 2 atom stereocenters. The van der Waals surface area contributed by atoms with Crippen molar-refractivity contribution in [1.29, 1.82) is 0 Å². The maximum atomic E-state index is 12.8. The summed E-state index contributed by atoms with van der Waals surface area (Å²) in [5, 5.41) is 3.35. The number of ether oxygens (including phenoxy) is 1. The zero-order valence-corrected chi connectivity index (χ0v) is 18.7. The summed E-state index contributed by atoms with van der Waals surface area (Å²) in [6.45, 7) is 11.9. The number of carbonyl (C=O) groups is 2. The van der Waals surface area contributed by atoms with Gasteiger partial charge in [-0.05, 0) is 42.0 Å². The number of hydrogen-bond acceptors (Lipinski definition) is 3. The lowest BCUT2D eigenvalue weighted by atomic mass is 9.86. The van der Waals surface area contributed by atoms with Crippen LogP contribution < -0.4 is 5.32 Å². The van der Waals surface area contributed by atoms with Crippen molar-refractivity contribution in [3.63, 3.8) is 0 Å². The van der Waals surface area contributed by atoms with Crippen LogP contribution in [-0.2, 0) is 14.9 Å². The predicted octanol–water partition coefficient (Wildman–Crippen LogP) is 5.70. The molecule has 0 aliphatic heterocycles. The van der Waals surface area contributed by atoms with Crippen molar-refractivity contribution in [1.82, 2.24) is 5.32 Å². The maximum Gasteiger partial charge on any atom is 0.329 e. The third-order valence-electron chi connectivity index (χ3n) is 4.86. The number of hydrogen-bond donors (Lipinski definition) is 1. The van der Waals surface area contributed by atoms with Gasteiger partial charge in [-0.25, -0.2) is 4.79 Å². The lowest BCUT2D eigenvalue weighted by Crippen LogP contribution is -2.45. The molecule has 1 N–H and O–H groups in total. The minimum atomic E-state index is -0.755. The van der Waals surface area contributed by atoms with Crippen molar-refractivity contribution in [2.24, 2.45) is 5.92 Å². The molecule has 5 heteroatoms. The van der Waals surface area contributed by atoms with E-state index in [9.17, 15) is 9.59 Å². The minimum Gasteiger partial charge on any atom is -0.456 e. The Morgan fingerprint density at radius 2 is 1.55 bits per heavy atom. The van der Waals surface area contributed by atoms with Crippen LogP contribution >= 0.6 is 11.6 Å². The van der Waals surface area contributed by atoms with Crippen LogP contribution in [0.2, 0.25) is 5.02 Å². The average Bonchev–Trinajstić information content (AvgIpc) is 2.65. The van der Waals surface area contributed by atoms with Gasteiger partial charge in [-0.15, -0.1) is 0 Å². The highest BCUT2D eigenvalue weighted by Crippen LogP contribution is 2.26. The molecule has 0 aliphatic rings. The fraction of sp³-hybridized carbons (Fsp3) is 0.417. The van der Waals surface area contributed by atoms with Crippen LogP contribution in [0, 0.1) is 5.92 Å². The zero-order chi connectivity index (χ0) is 21.8. The largest absolute Gasteiger partial charge is 0.456 e. The molecule has 1 amide bonds. The second kappa shape index (κ2) is 9.45. The van der Waals surface area contributed by atoms with Gasteiger partial charge in [-0.1, -0.05) is 76.6 Å². The van der Waals surface area contributed by atoms with Crippen LogP contribution in [0.1, 0.15) is 69.1 Å². The molecule has 0 unspecified atom stereocenters. The molecule has 0 heterocycles. The van der Waals surface area contributed by atoms with Crippen molar-refractivity contribution in [2.75, 3.05) is 0 Å². The molecular weight excluding hydrogens is 386 g/mol. The van der Waals surface area contributed by atoms with Gasteiger partial charge in [-0.3, -0.25) is 4.79 Å². The molecule has 0 bridgehead atoms. The van der Waals surface area contributed by atoms with E-state index in [1.165, 1.54) is 0 Å². The zero-order valence-electron chi connectivity index (χ0n) is 18.0. The van der Waals surface area contributed by atoms with Crippen LogP contribution in [0.3, 0.4) is 0 Å². The van der Waals surface area contributed by atoms with Gasteiger partial charge in [0.25, 0.3) is 5.91 Å². The van der Waals surface area contributed by atoms with E-state index in [1.807, 2.05) is 44.2 Å². The van der Waals surface area contributed by atoms with E-state index in [2.05, 4.69) is 26.1 Å². The SMILES string of the molecule is CC(C)[C@H](NC(=O)c1ccc(C(C)(C)C)cc1)C(=O)O[C@@H](C)c1ccccc1Cl. The summed E-state index contributed by atoms with van der Waals surface area (Å²) in [6, 6.07) is 13.9. The highest BCUT2D eigenvalue weighted by Gasteiger charge is 2.28. The van der Waals surface area contributed by atoms with E-state index in [0.717, 1.165) is 11.1 Å². The number of nitrogens with one attached hydrogen (secondary N) is 1. The third-order valence-corrected chi connectivity index (χ3v) is 5.20. The first-order valence-corrected chi connectivity index (χ1v) is 10.2. The number of esters is 1. The molecule has 29 heavy (non-hydrogen) atoms. The number of halogens is 1. The smallest absolute Gasteiger partial charge is 0.329 e. The Labute approximate surface area is 178 Å².